The average Bonchev–Trinajstić information content (AvgIpc) is 2.55. The predicted molar refractivity (Wildman–Crippen MR) is 88.6 cm³/mol. The van der Waals surface area contributed by atoms with Gasteiger partial charge in [-0.2, -0.15) is 17.0 Å². The number of nitriles is 1. The molecule has 0 bridgehead atoms. The Hall–Kier alpha value is -1.83. The third-order valence-electron chi connectivity index (χ3n) is 3.32. The minimum atomic E-state index is 0.533. The highest BCUT2D eigenvalue weighted by molar-refractivity contribution is 7.97. The van der Waals surface area contributed by atoms with Gasteiger partial charge in [0.2, 0.25) is 0 Å². The lowest BCUT2D eigenvalue weighted by atomic mass is 10.1. The van der Waals surface area contributed by atoms with Crippen molar-refractivity contribution in [2.75, 3.05) is 13.2 Å². The SMILES string of the molecule is N#Cc1ccccc1CSCc1cc(Cl)c2c(c1)OCCO2. The maximum absolute atomic E-state index is 9.10. The third-order valence-corrected chi connectivity index (χ3v) is 4.65. The molecule has 3 nitrogen and oxygen atoms in total. The molecule has 2 aromatic carbocycles. The molecule has 0 unspecified atom stereocenters. The molecule has 5 heteroatoms. The number of fused-ring (bicyclic) bond motifs is 1. The molecular weight excluding hydrogens is 318 g/mol. The minimum Gasteiger partial charge on any atom is -0.486 e. The summed E-state index contributed by atoms with van der Waals surface area (Å²) in [7, 11) is 0. The summed E-state index contributed by atoms with van der Waals surface area (Å²) in [6, 6.07) is 13.8. The molecule has 1 aliphatic rings. The Balaban J connectivity index is 1.67. The Labute approximate surface area is 138 Å². The second-order valence-electron chi connectivity index (χ2n) is 4.86. The monoisotopic (exact) mass is 331 g/mol. The summed E-state index contributed by atoms with van der Waals surface area (Å²) < 4.78 is 11.1. The van der Waals surface area contributed by atoms with Crippen LogP contribution in [0.15, 0.2) is 36.4 Å². The molecule has 0 spiro atoms. The van der Waals surface area contributed by atoms with Gasteiger partial charge in [-0.05, 0) is 29.3 Å². The number of thioether (sulfide) groups is 1. The Kier molecular flexibility index (Phi) is 4.77. The second-order valence-corrected chi connectivity index (χ2v) is 6.26. The lowest BCUT2D eigenvalue weighted by Crippen LogP contribution is -2.15. The van der Waals surface area contributed by atoms with E-state index in [0.29, 0.717) is 29.7 Å². The van der Waals surface area contributed by atoms with E-state index in [0.717, 1.165) is 28.2 Å². The van der Waals surface area contributed by atoms with E-state index in [9.17, 15) is 0 Å². The normalized spacial score (nSPS) is 12.7. The van der Waals surface area contributed by atoms with Gasteiger partial charge in [0, 0.05) is 11.5 Å². The van der Waals surface area contributed by atoms with E-state index in [-0.39, 0.29) is 0 Å². The van der Waals surface area contributed by atoms with Crippen molar-refractivity contribution in [1.82, 2.24) is 0 Å². The Morgan fingerprint density at radius 1 is 1.14 bits per heavy atom. The van der Waals surface area contributed by atoms with Gasteiger partial charge in [0.05, 0.1) is 16.7 Å². The summed E-state index contributed by atoms with van der Waals surface area (Å²) in [6.45, 7) is 1.08. The molecule has 1 aliphatic heterocycles. The fourth-order valence-electron chi connectivity index (χ4n) is 2.28. The molecule has 3 rings (SSSR count). The van der Waals surface area contributed by atoms with Crippen LogP contribution in [-0.2, 0) is 11.5 Å². The number of benzene rings is 2. The lowest BCUT2D eigenvalue weighted by molar-refractivity contribution is 0.171. The second kappa shape index (κ2) is 6.95. The molecule has 0 aromatic heterocycles. The first kappa shape index (κ1) is 15.1. The highest BCUT2D eigenvalue weighted by Gasteiger charge is 2.16. The van der Waals surface area contributed by atoms with Crippen molar-refractivity contribution in [2.24, 2.45) is 0 Å². The van der Waals surface area contributed by atoms with Gasteiger partial charge in [-0.1, -0.05) is 29.8 Å². The molecule has 0 aliphatic carbocycles. The molecule has 0 radical (unpaired) electrons. The summed E-state index contributed by atoms with van der Waals surface area (Å²) in [6.07, 6.45) is 0. The number of rotatable bonds is 4. The van der Waals surface area contributed by atoms with Crippen LogP contribution in [0, 0.1) is 11.3 Å². The van der Waals surface area contributed by atoms with Gasteiger partial charge in [-0.3, -0.25) is 0 Å². The zero-order chi connectivity index (χ0) is 15.4. The van der Waals surface area contributed by atoms with Crippen LogP contribution in [-0.4, -0.2) is 13.2 Å². The summed E-state index contributed by atoms with van der Waals surface area (Å²) in [5, 5.41) is 9.68. The van der Waals surface area contributed by atoms with Crippen LogP contribution in [0.1, 0.15) is 16.7 Å². The molecule has 0 saturated heterocycles. The zero-order valence-corrected chi connectivity index (χ0v) is 13.4. The molecule has 0 amide bonds. The van der Waals surface area contributed by atoms with Gasteiger partial charge >= 0.3 is 0 Å². The van der Waals surface area contributed by atoms with Crippen LogP contribution >= 0.6 is 23.4 Å². The van der Waals surface area contributed by atoms with Crippen LogP contribution in [0.25, 0.3) is 0 Å². The van der Waals surface area contributed by atoms with Gasteiger partial charge in [0.25, 0.3) is 0 Å². The highest BCUT2D eigenvalue weighted by atomic mass is 35.5. The molecule has 0 N–H and O–H groups in total. The van der Waals surface area contributed by atoms with E-state index in [1.54, 1.807) is 11.8 Å². The van der Waals surface area contributed by atoms with E-state index in [4.69, 9.17) is 26.3 Å². The van der Waals surface area contributed by atoms with E-state index in [1.165, 1.54) is 0 Å². The standard InChI is InChI=1S/C17H14ClNO2S/c18-15-7-12(8-16-17(15)21-6-5-20-16)10-22-11-14-4-2-1-3-13(14)9-19/h1-4,7-8H,5-6,10-11H2. The van der Waals surface area contributed by atoms with Crippen molar-refractivity contribution >= 4 is 23.4 Å². The highest BCUT2D eigenvalue weighted by Crippen LogP contribution is 2.39. The fourth-order valence-corrected chi connectivity index (χ4v) is 3.55. The van der Waals surface area contributed by atoms with Crippen molar-refractivity contribution in [2.45, 2.75) is 11.5 Å². The van der Waals surface area contributed by atoms with E-state index in [2.05, 4.69) is 6.07 Å². The van der Waals surface area contributed by atoms with Gasteiger partial charge in [-0.25, -0.2) is 0 Å². The van der Waals surface area contributed by atoms with Crippen LogP contribution in [0.2, 0.25) is 5.02 Å². The summed E-state index contributed by atoms with van der Waals surface area (Å²) in [5.41, 5.74) is 2.88. The predicted octanol–water partition coefficient (Wildman–Crippen LogP) is 4.42. The maximum Gasteiger partial charge on any atom is 0.179 e. The van der Waals surface area contributed by atoms with Crippen molar-refractivity contribution in [3.05, 3.63) is 58.1 Å². The zero-order valence-electron chi connectivity index (χ0n) is 11.8. The number of hydrogen-bond acceptors (Lipinski definition) is 4. The van der Waals surface area contributed by atoms with Crippen molar-refractivity contribution in [3.63, 3.8) is 0 Å². The molecule has 112 valence electrons. The van der Waals surface area contributed by atoms with Crippen molar-refractivity contribution in [3.8, 4) is 17.6 Å². The third kappa shape index (κ3) is 3.32. The molecule has 2 aromatic rings. The summed E-state index contributed by atoms with van der Waals surface area (Å²) in [5.74, 6) is 2.94. The van der Waals surface area contributed by atoms with Gasteiger partial charge in [-0.15, -0.1) is 0 Å². The largest absolute Gasteiger partial charge is 0.486 e. The topological polar surface area (TPSA) is 42.2 Å². The lowest BCUT2D eigenvalue weighted by Gasteiger charge is -2.20. The number of hydrogen-bond donors (Lipinski definition) is 0. The smallest absolute Gasteiger partial charge is 0.179 e. The Morgan fingerprint density at radius 3 is 2.82 bits per heavy atom. The summed E-state index contributed by atoms with van der Waals surface area (Å²) >= 11 is 7.98. The Morgan fingerprint density at radius 2 is 1.95 bits per heavy atom. The number of ether oxygens (including phenoxy) is 2. The van der Waals surface area contributed by atoms with Crippen LogP contribution in [0.3, 0.4) is 0 Å². The van der Waals surface area contributed by atoms with Crippen LogP contribution in [0.4, 0.5) is 0 Å². The van der Waals surface area contributed by atoms with E-state index < -0.39 is 0 Å². The van der Waals surface area contributed by atoms with Crippen molar-refractivity contribution in [1.29, 1.82) is 5.26 Å². The first-order valence-electron chi connectivity index (χ1n) is 6.91. The first-order valence-corrected chi connectivity index (χ1v) is 8.45. The molecule has 0 atom stereocenters. The van der Waals surface area contributed by atoms with Crippen LogP contribution in [0.5, 0.6) is 11.5 Å². The molecular formula is C17H14ClNO2S. The fraction of sp³-hybridized carbons (Fsp3) is 0.235. The van der Waals surface area contributed by atoms with E-state index in [1.807, 2.05) is 36.4 Å². The van der Waals surface area contributed by atoms with Gasteiger partial charge < -0.3 is 9.47 Å². The van der Waals surface area contributed by atoms with Gasteiger partial charge in [0.1, 0.15) is 13.2 Å². The minimum absolute atomic E-state index is 0.533. The molecule has 0 fully saturated rings. The Bertz CT molecular complexity index is 727. The quantitative estimate of drug-likeness (QED) is 0.832. The van der Waals surface area contributed by atoms with Crippen molar-refractivity contribution < 1.29 is 9.47 Å². The molecule has 1 heterocycles. The first-order chi connectivity index (χ1) is 10.8. The molecule has 0 saturated carbocycles. The van der Waals surface area contributed by atoms with Gasteiger partial charge in [0.15, 0.2) is 11.5 Å². The number of halogens is 1. The maximum atomic E-state index is 9.10. The van der Waals surface area contributed by atoms with Crippen LogP contribution < -0.4 is 9.47 Å². The average molecular weight is 332 g/mol. The summed E-state index contributed by atoms with van der Waals surface area (Å²) in [4.78, 5) is 0. The molecule has 22 heavy (non-hydrogen) atoms. The number of nitrogens with zero attached hydrogens (tertiary/aromatic N) is 1. The van der Waals surface area contributed by atoms with E-state index >= 15 is 0 Å².